The van der Waals surface area contributed by atoms with Crippen LogP contribution in [0.4, 0.5) is 5.95 Å². The third-order valence-electron chi connectivity index (χ3n) is 2.44. The largest absolute Gasteiger partial charge is 0.294 e. The van der Waals surface area contributed by atoms with Gasteiger partial charge in [0.25, 0.3) is 0 Å². The molecule has 0 atom stereocenters. The molecule has 0 fully saturated rings. The van der Waals surface area contributed by atoms with Crippen LogP contribution in [0.3, 0.4) is 0 Å². The first-order chi connectivity index (χ1) is 7.65. The van der Waals surface area contributed by atoms with Crippen LogP contribution < -0.4 is 5.32 Å². The van der Waals surface area contributed by atoms with Crippen molar-refractivity contribution < 1.29 is 4.79 Å². The molecule has 16 heavy (non-hydrogen) atoms. The maximum Gasteiger partial charge on any atom is 0.231 e. The van der Waals surface area contributed by atoms with E-state index in [0.717, 1.165) is 18.5 Å². The second kappa shape index (κ2) is 4.61. The van der Waals surface area contributed by atoms with Gasteiger partial charge in [0.15, 0.2) is 0 Å². The number of nitrogens with zero attached hydrogens (tertiary/aromatic N) is 2. The summed E-state index contributed by atoms with van der Waals surface area (Å²) in [6.45, 7) is 1.81. The van der Waals surface area contributed by atoms with E-state index >= 15 is 0 Å². The number of carbonyl (C=O) groups is 1. The van der Waals surface area contributed by atoms with E-state index in [2.05, 4.69) is 15.3 Å². The molecular formula is C11H12ClN3O. The molecule has 1 N–H and O–H groups in total. The third-order valence-corrected chi connectivity index (χ3v) is 2.63. The summed E-state index contributed by atoms with van der Waals surface area (Å²) in [7, 11) is 0. The molecule has 2 rings (SSSR count). The Hall–Kier alpha value is -1.42. The van der Waals surface area contributed by atoms with Crippen LogP contribution in [0.25, 0.3) is 0 Å². The number of amides is 1. The zero-order valence-electron chi connectivity index (χ0n) is 8.90. The van der Waals surface area contributed by atoms with E-state index in [9.17, 15) is 4.79 Å². The normalized spacial score (nSPS) is 15.4. The van der Waals surface area contributed by atoms with Gasteiger partial charge in [-0.1, -0.05) is 23.8 Å². The lowest BCUT2D eigenvalue weighted by molar-refractivity contribution is -0.119. The van der Waals surface area contributed by atoms with E-state index < -0.39 is 0 Å². The van der Waals surface area contributed by atoms with Gasteiger partial charge in [-0.2, -0.15) is 0 Å². The minimum atomic E-state index is -0.0494. The SMILES string of the molecule is Cc1cc(Cl)nc(NC(=O)C2CC=CC2)n1. The molecule has 0 saturated carbocycles. The van der Waals surface area contributed by atoms with Gasteiger partial charge in [0.05, 0.1) is 0 Å². The minimum absolute atomic E-state index is 0.00267. The second-order valence-electron chi connectivity index (χ2n) is 3.78. The molecule has 0 bridgehead atoms. The van der Waals surface area contributed by atoms with Gasteiger partial charge in [-0.3, -0.25) is 10.1 Å². The number of hydrogen-bond donors (Lipinski definition) is 1. The number of rotatable bonds is 2. The highest BCUT2D eigenvalue weighted by atomic mass is 35.5. The van der Waals surface area contributed by atoms with Crippen molar-refractivity contribution in [3.05, 3.63) is 29.1 Å². The molecule has 5 heteroatoms. The molecular weight excluding hydrogens is 226 g/mol. The Labute approximate surface area is 98.7 Å². The van der Waals surface area contributed by atoms with Gasteiger partial charge in [0.1, 0.15) is 5.15 Å². The average molecular weight is 238 g/mol. The number of nitrogens with one attached hydrogen (secondary N) is 1. The Morgan fingerprint density at radius 2 is 2.12 bits per heavy atom. The van der Waals surface area contributed by atoms with Gasteiger partial charge in [0, 0.05) is 11.6 Å². The summed E-state index contributed by atoms with van der Waals surface area (Å²) in [6.07, 6.45) is 5.58. The van der Waals surface area contributed by atoms with Crippen molar-refractivity contribution in [3.63, 3.8) is 0 Å². The smallest absolute Gasteiger partial charge is 0.231 e. The fraction of sp³-hybridized carbons (Fsp3) is 0.364. The van der Waals surface area contributed by atoms with Crippen molar-refractivity contribution >= 4 is 23.5 Å². The Bertz CT molecular complexity index is 417. The first-order valence-electron chi connectivity index (χ1n) is 5.12. The fourth-order valence-electron chi connectivity index (χ4n) is 1.63. The van der Waals surface area contributed by atoms with E-state index in [1.54, 1.807) is 13.0 Å². The average Bonchev–Trinajstić information content (AvgIpc) is 2.68. The van der Waals surface area contributed by atoms with Crippen LogP contribution in [0.15, 0.2) is 18.2 Å². The lowest BCUT2D eigenvalue weighted by Crippen LogP contribution is -2.22. The van der Waals surface area contributed by atoms with Crippen LogP contribution in [-0.2, 0) is 4.79 Å². The van der Waals surface area contributed by atoms with Gasteiger partial charge in [-0.25, -0.2) is 9.97 Å². The molecule has 1 amide bonds. The molecule has 0 unspecified atom stereocenters. The number of aryl methyl sites for hydroxylation is 1. The first-order valence-corrected chi connectivity index (χ1v) is 5.50. The summed E-state index contributed by atoms with van der Waals surface area (Å²) < 4.78 is 0. The number of hydrogen-bond acceptors (Lipinski definition) is 3. The van der Waals surface area contributed by atoms with E-state index in [1.165, 1.54) is 0 Å². The number of carbonyl (C=O) groups excluding carboxylic acids is 1. The number of aromatic nitrogens is 2. The Morgan fingerprint density at radius 3 is 2.75 bits per heavy atom. The zero-order chi connectivity index (χ0) is 11.5. The molecule has 0 spiro atoms. The summed E-state index contributed by atoms with van der Waals surface area (Å²) in [5, 5.41) is 3.02. The van der Waals surface area contributed by atoms with Crippen LogP contribution in [0.2, 0.25) is 5.15 Å². The van der Waals surface area contributed by atoms with Crippen LogP contribution in [0.1, 0.15) is 18.5 Å². The van der Waals surface area contributed by atoms with Crippen LogP contribution in [-0.4, -0.2) is 15.9 Å². The van der Waals surface area contributed by atoms with Crippen molar-refractivity contribution in [2.24, 2.45) is 5.92 Å². The highest BCUT2D eigenvalue weighted by molar-refractivity contribution is 6.29. The maximum absolute atomic E-state index is 11.8. The van der Waals surface area contributed by atoms with Gasteiger partial charge in [-0.05, 0) is 25.8 Å². The van der Waals surface area contributed by atoms with Crippen LogP contribution in [0, 0.1) is 12.8 Å². The van der Waals surface area contributed by atoms with Crippen molar-refractivity contribution in [3.8, 4) is 0 Å². The molecule has 0 radical (unpaired) electrons. The lowest BCUT2D eigenvalue weighted by atomic mass is 10.1. The summed E-state index contributed by atoms with van der Waals surface area (Å²) >= 11 is 5.78. The summed E-state index contributed by atoms with van der Waals surface area (Å²) in [4.78, 5) is 19.8. The molecule has 1 aliphatic rings. The van der Waals surface area contributed by atoms with Gasteiger partial charge in [-0.15, -0.1) is 0 Å². The second-order valence-corrected chi connectivity index (χ2v) is 4.17. The monoisotopic (exact) mass is 237 g/mol. The standard InChI is InChI=1S/C11H12ClN3O/c1-7-6-9(12)14-11(13-7)15-10(16)8-4-2-3-5-8/h2-3,6,8H,4-5H2,1H3,(H,13,14,15,16). The molecule has 1 aromatic rings. The Morgan fingerprint density at radius 1 is 1.44 bits per heavy atom. The van der Waals surface area contributed by atoms with Crippen molar-refractivity contribution in [2.45, 2.75) is 19.8 Å². The zero-order valence-corrected chi connectivity index (χ0v) is 9.66. The van der Waals surface area contributed by atoms with Crippen LogP contribution >= 0.6 is 11.6 Å². The summed E-state index contributed by atoms with van der Waals surface area (Å²) in [5.41, 5.74) is 0.736. The third kappa shape index (κ3) is 2.58. The number of halogens is 1. The van der Waals surface area contributed by atoms with Crippen molar-refractivity contribution in [1.29, 1.82) is 0 Å². The van der Waals surface area contributed by atoms with Gasteiger partial charge >= 0.3 is 0 Å². The summed E-state index contributed by atoms with van der Waals surface area (Å²) in [6, 6.07) is 1.65. The Kier molecular flexibility index (Phi) is 3.19. The van der Waals surface area contributed by atoms with Crippen LogP contribution in [0.5, 0.6) is 0 Å². The molecule has 1 aliphatic carbocycles. The predicted octanol–water partition coefficient (Wildman–Crippen LogP) is 2.34. The molecule has 4 nitrogen and oxygen atoms in total. The highest BCUT2D eigenvalue weighted by Gasteiger charge is 2.20. The van der Waals surface area contributed by atoms with E-state index in [0.29, 0.717) is 5.15 Å². The highest BCUT2D eigenvalue weighted by Crippen LogP contribution is 2.19. The van der Waals surface area contributed by atoms with Gasteiger partial charge < -0.3 is 0 Å². The number of anilines is 1. The molecule has 0 aliphatic heterocycles. The molecule has 0 saturated heterocycles. The number of allylic oxidation sites excluding steroid dienone is 2. The van der Waals surface area contributed by atoms with Crippen molar-refractivity contribution in [1.82, 2.24) is 9.97 Å². The van der Waals surface area contributed by atoms with Gasteiger partial charge in [0.2, 0.25) is 11.9 Å². The molecule has 0 aromatic carbocycles. The first kappa shape index (κ1) is 11.1. The maximum atomic E-state index is 11.8. The predicted molar refractivity (Wildman–Crippen MR) is 62.3 cm³/mol. The summed E-state index contributed by atoms with van der Waals surface area (Å²) in [5.74, 6) is 0.233. The van der Waals surface area contributed by atoms with Crippen molar-refractivity contribution in [2.75, 3.05) is 5.32 Å². The Balaban J connectivity index is 2.05. The lowest BCUT2D eigenvalue weighted by Gasteiger charge is -2.09. The van der Waals surface area contributed by atoms with E-state index in [4.69, 9.17) is 11.6 Å². The molecule has 1 heterocycles. The fourth-order valence-corrected chi connectivity index (χ4v) is 1.87. The molecule has 84 valence electrons. The minimum Gasteiger partial charge on any atom is -0.294 e. The van der Waals surface area contributed by atoms with E-state index in [1.807, 2.05) is 12.2 Å². The quantitative estimate of drug-likeness (QED) is 0.635. The molecule has 1 aromatic heterocycles. The van der Waals surface area contributed by atoms with E-state index in [-0.39, 0.29) is 17.8 Å². The topological polar surface area (TPSA) is 54.9 Å².